The fourth-order valence-corrected chi connectivity index (χ4v) is 3.49. The standard InChI is InChI=1S/C24H28F3NO3S/c1-6-18(23(12-13-23)22(30)31)11-9-16(4)32-14-20(28)17(5)21(29)15(3)8-10-19(7-2)24(25,26)27/h6-11,28-29H,1-2,12-14H2,3-5H3,(H,30,31)/b15-8+,16-9+,18-11+,19-10+,21-17-,28-20?. The number of carboxylic acids is 1. The van der Waals surface area contributed by atoms with E-state index in [1.165, 1.54) is 25.6 Å². The van der Waals surface area contributed by atoms with Crippen molar-refractivity contribution in [3.8, 4) is 0 Å². The summed E-state index contributed by atoms with van der Waals surface area (Å²) in [5.41, 5.74) is -0.581. The van der Waals surface area contributed by atoms with Crippen LogP contribution in [0.15, 0.2) is 82.6 Å². The van der Waals surface area contributed by atoms with Crippen molar-refractivity contribution < 1.29 is 28.2 Å². The summed E-state index contributed by atoms with van der Waals surface area (Å²) in [5.74, 6) is -0.900. The second kappa shape index (κ2) is 11.2. The third-order valence-electron chi connectivity index (χ3n) is 5.12. The van der Waals surface area contributed by atoms with Gasteiger partial charge in [0.05, 0.1) is 11.0 Å². The fourth-order valence-electron chi connectivity index (χ4n) is 2.73. The maximum Gasteiger partial charge on any atom is 0.416 e. The molecule has 0 unspecified atom stereocenters. The summed E-state index contributed by atoms with van der Waals surface area (Å²) in [5, 5.41) is 27.9. The zero-order chi connectivity index (χ0) is 24.7. The molecule has 0 aromatic heterocycles. The van der Waals surface area contributed by atoms with Crippen molar-refractivity contribution >= 4 is 23.4 Å². The van der Waals surface area contributed by atoms with Crippen LogP contribution in [0.3, 0.4) is 0 Å². The Balaban J connectivity index is 2.88. The highest BCUT2D eigenvalue weighted by atomic mass is 32.2. The van der Waals surface area contributed by atoms with Crippen LogP contribution in [0.1, 0.15) is 33.6 Å². The van der Waals surface area contributed by atoms with E-state index >= 15 is 0 Å². The number of nitrogens with one attached hydrogen (secondary N) is 1. The SMILES string of the molecule is C=C\C(=C/C=C(C)/C(O)=C(\C)C(=N)CS/C(C)=C/C=C(\C=C)C1(C(=O)O)CC1)C(F)(F)F. The van der Waals surface area contributed by atoms with E-state index in [1.807, 2.05) is 6.92 Å². The van der Waals surface area contributed by atoms with Gasteiger partial charge in [-0.2, -0.15) is 13.2 Å². The van der Waals surface area contributed by atoms with Crippen LogP contribution in [-0.4, -0.2) is 33.8 Å². The Bertz CT molecular complexity index is 946. The van der Waals surface area contributed by atoms with Gasteiger partial charge in [-0.1, -0.05) is 43.5 Å². The number of aliphatic hydroxyl groups excluding tert-OH is 1. The first kappa shape index (κ1) is 27.3. The minimum Gasteiger partial charge on any atom is -0.507 e. The maximum absolute atomic E-state index is 12.8. The Labute approximate surface area is 190 Å². The van der Waals surface area contributed by atoms with Crippen LogP contribution >= 0.6 is 11.8 Å². The van der Waals surface area contributed by atoms with Crippen molar-refractivity contribution in [3.63, 3.8) is 0 Å². The highest BCUT2D eigenvalue weighted by Crippen LogP contribution is 2.52. The Hall–Kier alpha value is -2.74. The first-order valence-corrected chi connectivity index (χ1v) is 10.7. The van der Waals surface area contributed by atoms with Gasteiger partial charge < -0.3 is 15.6 Å². The molecule has 0 aromatic rings. The molecule has 0 atom stereocenters. The van der Waals surface area contributed by atoms with Crippen LogP contribution in [0.25, 0.3) is 0 Å². The molecule has 1 aliphatic carbocycles. The largest absolute Gasteiger partial charge is 0.507 e. The van der Waals surface area contributed by atoms with Gasteiger partial charge in [0, 0.05) is 17.0 Å². The van der Waals surface area contributed by atoms with Crippen LogP contribution in [0.2, 0.25) is 0 Å². The summed E-state index contributed by atoms with van der Waals surface area (Å²) in [6, 6.07) is 0. The molecule has 1 aliphatic rings. The number of aliphatic carboxylic acids is 1. The minimum atomic E-state index is -4.54. The van der Waals surface area contributed by atoms with Crippen LogP contribution in [-0.2, 0) is 4.79 Å². The van der Waals surface area contributed by atoms with Gasteiger partial charge in [0.1, 0.15) is 5.76 Å². The molecule has 0 radical (unpaired) electrons. The predicted octanol–water partition coefficient (Wildman–Crippen LogP) is 7.07. The van der Waals surface area contributed by atoms with Crippen molar-refractivity contribution in [2.75, 3.05) is 5.75 Å². The number of thioether (sulfide) groups is 1. The predicted molar refractivity (Wildman–Crippen MR) is 125 cm³/mol. The topological polar surface area (TPSA) is 81.4 Å². The molecular formula is C24H28F3NO3S. The van der Waals surface area contributed by atoms with Gasteiger partial charge in [0.25, 0.3) is 0 Å². The molecule has 1 rings (SSSR count). The summed E-state index contributed by atoms with van der Waals surface area (Å²) < 4.78 is 38.3. The van der Waals surface area contributed by atoms with E-state index in [9.17, 15) is 28.2 Å². The zero-order valence-electron chi connectivity index (χ0n) is 18.3. The van der Waals surface area contributed by atoms with Gasteiger partial charge in [-0.25, -0.2) is 0 Å². The van der Waals surface area contributed by atoms with Crippen molar-refractivity contribution in [2.24, 2.45) is 5.41 Å². The molecule has 3 N–H and O–H groups in total. The number of carbonyl (C=O) groups is 1. The molecule has 1 saturated carbocycles. The molecule has 0 heterocycles. The first-order chi connectivity index (χ1) is 14.8. The smallest absolute Gasteiger partial charge is 0.416 e. The second-order valence-electron chi connectivity index (χ2n) is 7.41. The Morgan fingerprint density at radius 1 is 1.06 bits per heavy atom. The van der Waals surface area contributed by atoms with Gasteiger partial charge in [0.15, 0.2) is 0 Å². The van der Waals surface area contributed by atoms with Crippen LogP contribution in [0, 0.1) is 10.8 Å². The molecule has 174 valence electrons. The van der Waals surface area contributed by atoms with E-state index < -0.39 is 23.1 Å². The third kappa shape index (κ3) is 7.15. The van der Waals surface area contributed by atoms with Crippen molar-refractivity contribution in [2.45, 2.75) is 39.8 Å². The van der Waals surface area contributed by atoms with Gasteiger partial charge in [-0.3, -0.25) is 4.79 Å². The molecular weight excluding hydrogens is 439 g/mol. The van der Waals surface area contributed by atoms with Crippen molar-refractivity contribution in [1.82, 2.24) is 0 Å². The van der Waals surface area contributed by atoms with Crippen molar-refractivity contribution in [3.05, 3.63) is 82.6 Å². The average molecular weight is 468 g/mol. The molecule has 0 spiro atoms. The second-order valence-corrected chi connectivity index (χ2v) is 8.63. The fraction of sp³-hybridized carbons (Fsp3) is 0.333. The number of allylic oxidation sites excluding steroid dienone is 10. The van der Waals surface area contributed by atoms with Gasteiger partial charge in [0.2, 0.25) is 0 Å². The molecule has 0 saturated heterocycles. The van der Waals surface area contributed by atoms with E-state index in [4.69, 9.17) is 5.41 Å². The summed E-state index contributed by atoms with van der Waals surface area (Å²) >= 11 is 1.33. The van der Waals surface area contributed by atoms with Gasteiger partial charge in [-0.15, -0.1) is 11.8 Å². The van der Waals surface area contributed by atoms with Crippen LogP contribution in [0.4, 0.5) is 13.2 Å². The summed E-state index contributed by atoms with van der Waals surface area (Å²) in [4.78, 5) is 12.3. The Morgan fingerprint density at radius 3 is 2.09 bits per heavy atom. The Morgan fingerprint density at radius 2 is 1.66 bits per heavy atom. The molecule has 4 nitrogen and oxygen atoms in total. The van der Waals surface area contributed by atoms with Crippen LogP contribution < -0.4 is 0 Å². The number of hydrogen-bond donors (Lipinski definition) is 3. The Kier molecular flexibility index (Phi) is 9.57. The number of hydrogen-bond acceptors (Lipinski definition) is 4. The van der Waals surface area contributed by atoms with E-state index in [0.717, 1.165) is 17.1 Å². The quantitative estimate of drug-likeness (QED) is 0.172. The number of halogens is 3. The molecule has 1 fully saturated rings. The maximum atomic E-state index is 12.8. The minimum absolute atomic E-state index is 0.119. The molecule has 0 bridgehead atoms. The number of rotatable bonds is 11. The number of aliphatic hydroxyl groups is 1. The zero-order valence-corrected chi connectivity index (χ0v) is 19.2. The van der Waals surface area contributed by atoms with E-state index in [0.29, 0.717) is 24.5 Å². The highest BCUT2D eigenvalue weighted by Gasteiger charge is 2.52. The lowest BCUT2D eigenvalue weighted by molar-refractivity contribution is -0.141. The van der Waals surface area contributed by atoms with Gasteiger partial charge >= 0.3 is 12.1 Å². The highest BCUT2D eigenvalue weighted by molar-refractivity contribution is 8.03. The summed E-state index contributed by atoms with van der Waals surface area (Å²) in [7, 11) is 0. The van der Waals surface area contributed by atoms with E-state index in [-0.39, 0.29) is 28.4 Å². The normalized spacial score (nSPS) is 18.1. The first-order valence-electron chi connectivity index (χ1n) is 9.74. The molecule has 8 heteroatoms. The van der Waals surface area contributed by atoms with Gasteiger partial charge in [-0.05, 0) is 55.7 Å². The lowest BCUT2D eigenvalue weighted by Gasteiger charge is -2.11. The monoisotopic (exact) mass is 467 g/mol. The molecule has 0 aromatic carbocycles. The molecule has 0 aliphatic heterocycles. The number of carboxylic acid groups (broad SMARTS) is 1. The van der Waals surface area contributed by atoms with E-state index in [2.05, 4.69) is 13.2 Å². The third-order valence-corrected chi connectivity index (χ3v) is 6.14. The lowest BCUT2D eigenvalue weighted by Crippen LogP contribution is -2.16. The van der Waals surface area contributed by atoms with E-state index in [1.54, 1.807) is 18.2 Å². The number of alkyl halides is 3. The molecule has 32 heavy (non-hydrogen) atoms. The molecule has 0 amide bonds. The van der Waals surface area contributed by atoms with Crippen LogP contribution in [0.5, 0.6) is 0 Å². The lowest BCUT2D eigenvalue weighted by atomic mass is 9.95. The summed E-state index contributed by atoms with van der Waals surface area (Å²) in [6.45, 7) is 11.6. The summed E-state index contributed by atoms with van der Waals surface area (Å²) in [6.07, 6.45) is 4.29. The average Bonchev–Trinajstić information content (AvgIpc) is 3.52. The van der Waals surface area contributed by atoms with Crippen molar-refractivity contribution in [1.29, 1.82) is 5.41 Å².